The fourth-order valence-corrected chi connectivity index (χ4v) is 2.67. The molecular weight excluding hydrogens is 333 g/mol. The summed E-state index contributed by atoms with van der Waals surface area (Å²) in [5.74, 6) is -1.55. The molecule has 2 amide bonds. The third kappa shape index (κ3) is 5.05. The van der Waals surface area contributed by atoms with Crippen molar-refractivity contribution in [2.24, 2.45) is 0 Å². The molecule has 138 valence electrons. The van der Waals surface area contributed by atoms with Gasteiger partial charge in [0.05, 0.1) is 5.69 Å². The maximum atomic E-state index is 13.5. The summed E-state index contributed by atoms with van der Waals surface area (Å²) in [5.41, 5.74) is 2.72. The highest BCUT2D eigenvalue weighted by molar-refractivity contribution is 6.08. The lowest BCUT2D eigenvalue weighted by atomic mass is 10.1. The molecule has 0 unspecified atom stereocenters. The van der Waals surface area contributed by atoms with Crippen molar-refractivity contribution in [2.75, 3.05) is 28.6 Å². The van der Waals surface area contributed by atoms with Gasteiger partial charge >= 0.3 is 0 Å². The molecule has 0 aliphatic rings. The first-order valence-corrected chi connectivity index (χ1v) is 8.64. The van der Waals surface area contributed by atoms with E-state index in [1.54, 1.807) is 6.07 Å². The number of amides is 2. The van der Waals surface area contributed by atoms with E-state index in [-0.39, 0.29) is 12.1 Å². The van der Waals surface area contributed by atoms with Crippen molar-refractivity contribution in [3.8, 4) is 0 Å². The molecule has 0 fully saturated rings. The Bertz CT molecular complexity index is 788. The first-order valence-electron chi connectivity index (χ1n) is 8.64. The average Bonchev–Trinajstić information content (AvgIpc) is 2.60. The first kappa shape index (κ1) is 19.4. The van der Waals surface area contributed by atoms with E-state index in [1.807, 2.05) is 25.1 Å². The molecule has 0 saturated carbocycles. The van der Waals surface area contributed by atoms with Crippen LogP contribution in [0.4, 0.5) is 21.5 Å². The van der Waals surface area contributed by atoms with Gasteiger partial charge in [-0.1, -0.05) is 12.1 Å². The fourth-order valence-electron chi connectivity index (χ4n) is 2.67. The van der Waals surface area contributed by atoms with Crippen LogP contribution >= 0.6 is 0 Å². The van der Waals surface area contributed by atoms with Crippen molar-refractivity contribution in [1.82, 2.24) is 0 Å². The Balaban J connectivity index is 1.97. The van der Waals surface area contributed by atoms with Gasteiger partial charge in [-0.05, 0) is 56.7 Å². The van der Waals surface area contributed by atoms with Crippen LogP contribution in [0, 0.1) is 12.7 Å². The van der Waals surface area contributed by atoms with Crippen LogP contribution < -0.4 is 15.5 Å². The van der Waals surface area contributed by atoms with E-state index >= 15 is 0 Å². The number of benzene rings is 2. The Labute approximate surface area is 153 Å². The standard InChI is InChI=1S/C20H24FN3O2/c1-4-24(5-2)15-10-11-17(14(3)12-15)22-19(25)13-20(26)23-18-9-7-6-8-16(18)21/h6-12H,4-5,13H2,1-3H3,(H,22,25)(H,23,26). The molecule has 26 heavy (non-hydrogen) atoms. The Morgan fingerprint density at radius 3 is 2.15 bits per heavy atom. The number of hydrogen-bond acceptors (Lipinski definition) is 3. The number of nitrogens with zero attached hydrogens (tertiary/aromatic N) is 1. The number of para-hydroxylation sites is 1. The number of carbonyl (C=O) groups excluding carboxylic acids is 2. The van der Waals surface area contributed by atoms with Crippen molar-refractivity contribution in [2.45, 2.75) is 27.2 Å². The molecule has 0 spiro atoms. The highest BCUT2D eigenvalue weighted by atomic mass is 19.1. The smallest absolute Gasteiger partial charge is 0.233 e. The quantitative estimate of drug-likeness (QED) is 0.738. The van der Waals surface area contributed by atoms with Gasteiger partial charge in [-0.15, -0.1) is 0 Å². The highest BCUT2D eigenvalue weighted by Gasteiger charge is 2.13. The zero-order valence-electron chi connectivity index (χ0n) is 15.3. The average molecular weight is 357 g/mol. The van der Waals surface area contributed by atoms with Crippen LogP contribution in [0.1, 0.15) is 25.8 Å². The van der Waals surface area contributed by atoms with Gasteiger partial charge in [0, 0.05) is 24.5 Å². The van der Waals surface area contributed by atoms with Gasteiger partial charge in [-0.25, -0.2) is 4.39 Å². The molecule has 0 atom stereocenters. The Morgan fingerprint density at radius 2 is 1.58 bits per heavy atom. The van der Waals surface area contributed by atoms with Crippen molar-refractivity contribution < 1.29 is 14.0 Å². The second-order valence-electron chi connectivity index (χ2n) is 5.92. The SMILES string of the molecule is CCN(CC)c1ccc(NC(=O)CC(=O)Nc2ccccc2F)c(C)c1. The van der Waals surface area contributed by atoms with Gasteiger partial charge in [-0.2, -0.15) is 0 Å². The molecule has 0 aliphatic carbocycles. The van der Waals surface area contributed by atoms with Gasteiger partial charge < -0.3 is 15.5 Å². The molecule has 2 rings (SSSR count). The number of rotatable bonds is 7. The lowest BCUT2D eigenvalue weighted by Crippen LogP contribution is -2.23. The van der Waals surface area contributed by atoms with Gasteiger partial charge in [0.1, 0.15) is 12.2 Å². The summed E-state index contributed by atoms with van der Waals surface area (Å²) in [6.07, 6.45) is -0.383. The number of carbonyl (C=O) groups is 2. The van der Waals surface area contributed by atoms with Gasteiger partial charge in [-0.3, -0.25) is 9.59 Å². The summed E-state index contributed by atoms with van der Waals surface area (Å²) < 4.78 is 13.5. The molecule has 0 bridgehead atoms. The summed E-state index contributed by atoms with van der Waals surface area (Å²) >= 11 is 0. The molecule has 0 aliphatic heterocycles. The normalized spacial score (nSPS) is 10.3. The summed E-state index contributed by atoms with van der Waals surface area (Å²) in [4.78, 5) is 26.2. The van der Waals surface area contributed by atoms with E-state index in [1.165, 1.54) is 18.2 Å². The molecule has 6 heteroatoms. The number of nitrogens with one attached hydrogen (secondary N) is 2. The Kier molecular flexibility index (Phi) is 6.72. The van der Waals surface area contributed by atoms with Gasteiger partial charge in [0.2, 0.25) is 11.8 Å². The van der Waals surface area contributed by atoms with E-state index < -0.39 is 17.6 Å². The summed E-state index contributed by atoms with van der Waals surface area (Å²) in [6, 6.07) is 11.6. The van der Waals surface area contributed by atoms with Crippen LogP contribution in [0.5, 0.6) is 0 Å². The predicted molar refractivity (Wildman–Crippen MR) is 103 cm³/mol. The molecule has 0 radical (unpaired) electrons. The molecule has 2 aromatic carbocycles. The van der Waals surface area contributed by atoms with Crippen molar-refractivity contribution in [1.29, 1.82) is 0 Å². The Morgan fingerprint density at radius 1 is 0.962 bits per heavy atom. The molecule has 0 saturated heterocycles. The molecule has 0 heterocycles. The topological polar surface area (TPSA) is 61.4 Å². The predicted octanol–water partition coefficient (Wildman–Crippen LogP) is 3.95. The third-order valence-corrected chi connectivity index (χ3v) is 4.08. The van der Waals surface area contributed by atoms with Crippen LogP contribution in [0.15, 0.2) is 42.5 Å². The maximum absolute atomic E-state index is 13.5. The lowest BCUT2D eigenvalue weighted by molar-refractivity contribution is -0.123. The highest BCUT2D eigenvalue weighted by Crippen LogP contribution is 2.23. The van der Waals surface area contributed by atoms with E-state index in [0.29, 0.717) is 5.69 Å². The monoisotopic (exact) mass is 357 g/mol. The molecule has 0 aromatic heterocycles. The van der Waals surface area contributed by atoms with E-state index in [4.69, 9.17) is 0 Å². The van der Waals surface area contributed by atoms with Crippen LogP contribution in [-0.4, -0.2) is 24.9 Å². The molecule has 2 N–H and O–H groups in total. The van der Waals surface area contributed by atoms with E-state index in [0.717, 1.165) is 24.3 Å². The van der Waals surface area contributed by atoms with Crippen molar-refractivity contribution >= 4 is 28.9 Å². The molecule has 5 nitrogen and oxygen atoms in total. The summed E-state index contributed by atoms with van der Waals surface area (Å²) in [6.45, 7) is 7.88. The summed E-state index contributed by atoms with van der Waals surface area (Å²) in [5, 5.41) is 5.13. The van der Waals surface area contributed by atoms with Crippen molar-refractivity contribution in [3.05, 3.63) is 53.8 Å². The van der Waals surface area contributed by atoms with Crippen LogP contribution in [0.3, 0.4) is 0 Å². The number of aryl methyl sites for hydroxylation is 1. The minimum Gasteiger partial charge on any atom is -0.372 e. The number of halogens is 1. The minimum absolute atomic E-state index is 0.0602. The third-order valence-electron chi connectivity index (χ3n) is 4.08. The second-order valence-corrected chi connectivity index (χ2v) is 5.92. The largest absolute Gasteiger partial charge is 0.372 e. The number of hydrogen-bond donors (Lipinski definition) is 2. The van der Waals surface area contributed by atoms with Crippen LogP contribution in [0.2, 0.25) is 0 Å². The maximum Gasteiger partial charge on any atom is 0.233 e. The van der Waals surface area contributed by atoms with Gasteiger partial charge in [0.15, 0.2) is 0 Å². The van der Waals surface area contributed by atoms with Crippen molar-refractivity contribution in [3.63, 3.8) is 0 Å². The zero-order valence-corrected chi connectivity index (χ0v) is 15.3. The van der Waals surface area contributed by atoms with Crippen LogP contribution in [-0.2, 0) is 9.59 Å². The van der Waals surface area contributed by atoms with Crippen LogP contribution in [0.25, 0.3) is 0 Å². The number of anilines is 3. The zero-order chi connectivity index (χ0) is 19.1. The first-order chi connectivity index (χ1) is 12.4. The fraction of sp³-hybridized carbons (Fsp3) is 0.300. The lowest BCUT2D eigenvalue weighted by Gasteiger charge is -2.22. The Hall–Kier alpha value is -2.89. The van der Waals surface area contributed by atoms with Gasteiger partial charge in [0.25, 0.3) is 0 Å². The second kappa shape index (κ2) is 8.99. The van der Waals surface area contributed by atoms with E-state index in [2.05, 4.69) is 29.4 Å². The molecule has 2 aromatic rings. The minimum atomic E-state index is -0.565. The summed E-state index contributed by atoms with van der Waals surface area (Å²) in [7, 11) is 0. The molecular formula is C20H24FN3O2. The van der Waals surface area contributed by atoms with E-state index in [9.17, 15) is 14.0 Å².